The van der Waals surface area contributed by atoms with Gasteiger partial charge in [-0.15, -0.1) is 0 Å². The third kappa shape index (κ3) is 2.56. The van der Waals surface area contributed by atoms with Crippen molar-refractivity contribution in [1.29, 1.82) is 5.26 Å². The quantitative estimate of drug-likeness (QED) is 0.809. The second kappa shape index (κ2) is 4.43. The molecule has 1 saturated carbocycles. The maximum Gasteiger partial charge on any atom is 0.0991 e. The zero-order valence-electron chi connectivity index (χ0n) is 8.52. The Hall–Kier alpha value is -1.37. The van der Waals surface area contributed by atoms with Crippen LogP contribution in [0.15, 0.2) is 24.3 Å². The molecule has 0 atom stereocenters. The summed E-state index contributed by atoms with van der Waals surface area (Å²) in [5.41, 5.74) is 7.45. The van der Waals surface area contributed by atoms with E-state index in [1.165, 1.54) is 0 Å². The van der Waals surface area contributed by atoms with Crippen molar-refractivity contribution >= 4 is 0 Å². The first-order valence-corrected chi connectivity index (χ1v) is 5.14. The van der Waals surface area contributed by atoms with E-state index in [1.54, 1.807) is 0 Å². The molecule has 3 nitrogen and oxygen atoms in total. The van der Waals surface area contributed by atoms with E-state index in [-0.39, 0.29) is 0 Å². The number of hydrogen-bond acceptors (Lipinski definition) is 3. The van der Waals surface area contributed by atoms with Crippen molar-refractivity contribution in [3.8, 4) is 6.07 Å². The average Bonchev–Trinajstić information content (AvgIpc) is 2.23. The van der Waals surface area contributed by atoms with Gasteiger partial charge in [-0.25, -0.2) is 0 Å². The third-order valence-corrected chi connectivity index (χ3v) is 2.70. The van der Waals surface area contributed by atoms with Crippen molar-refractivity contribution in [3.05, 3.63) is 35.4 Å². The predicted octanol–water partition coefficient (Wildman–Crippen LogP) is 1.56. The molecule has 0 heterocycles. The van der Waals surface area contributed by atoms with Gasteiger partial charge in [-0.2, -0.15) is 5.26 Å². The Morgan fingerprint density at radius 2 is 2.00 bits per heavy atom. The molecule has 2 rings (SSSR count). The molecule has 0 amide bonds. The highest BCUT2D eigenvalue weighted by molar-refractivity contribution is 5.31. The second-order valence-corrected chi connectivity index (χ2v) is 3.97. The summed E-state index contributed by atoms with van der Waals surface area (Å²) in [6, 6.07) is 9.90. The highest BCUT2D eigenvalue weighted by Gasteiger charge is 2.26. The Morgan fingerprint density at radius 1 is 1.33 bits per heavy atom. The van der Waals surface area contributed by atoms with Crippen molar-refractivity contribution in [2.45, 2.75) is 31.6 Å². The minimum atomic E-state index is 0.329. The SMILES string of the molecule is N#Cc1ccc(COC2CC(N)C2)cc1. The molecule has 1 aliphatic rings. The zero-order valence-corrected chi connectivity index (χ0v) is 8.52. The maximum absolute atomic E-state index is 8.63. The summed E-state index contributed by atoms with van der Waals surface area (Å²) in [6.07, 6.45) is 2.27. The number of nitrogens with two attached hydrogens (primary N) is 1. The summed E-state index contributed by atoms with van der Waals surface area (Å²) in [5, 5.41) is 8.63. The van der Waals surface area contributed by atoms with Gasteiger partial charge < -0.3 is 10.5 Å². The number of ether oxygens (including phenoxy) is 1. The van der Waals surface area contributed by atoms with Crippen LogP contribution in [0.1, 0.15) is 24.0 Å². The van der Waals surface area contributed by atoms with E-state index in [0.29, 0.717) is 24.3 Å². The predicted molar refractivity (Wildman–Crippen MR) is 56.9 cm³/mol. The standard InChI is InChI=1S/C12H14N2O/c13-7-9-1-3-10(4-2-9)8-15-12-5-11(14)6-12/h1-4,11-12H,5-6,8,14H2. The molecule has 1 aliphatic carbocycles. The smallest absolute Gasteiger partial charge is 0.0991 e. The van der Waals surface area contributed by atoms with Crippen molar-refractivity contribution in [3.63, 3.8) is 0 Å². The minimum absolute atomic E-state index is 0.329. The fraction of sp³-hybridized carbons (Fsp3) is 0.417. The highest BCUT2D eigenvalue weighted by Crippen LogP contribution is 2.22. The van der Waals surface area contributed by atoms with Gasteiger partial charge in [0.25, 0.3) is 0 Å². The van der Waals surface area contributed by atoms with Gasteiger partial charge in [-0.05, 0) is 30.5 Å². The molecule has 0 aromatic heterocycles. The summed E-state index contributed by atoms with van der Waals surface area (Å²) < 4.78 is 5.65. The lowest BCUT2D eigenvalue weighted by molar-refractivity contribution is -0.0188. The van der Waals surface area contributed by atoms with Crippen LogP contribution in [0.2, 0.25) is 0 Å². The zero-order chi connectivity index (χ0) is 10.7. The molecule has 1 fully saturated rings. The molecular weight excluding hydrogens is 188 g/mol. The van der Waals surface area contributed by atoms with E-state index >= 15 is 0 Å². The van der Waals surface area contributed by atoms with Crippen LogP contribution in [-0.2, 0) is 11.3 Å². The van der Waals surface area contributed by atoms with Crippen molar-refractivity contribution in [1.82, 2.24) is 0 Å². The molecular formula is C12H14N2O. The summed E-state index contributed by atoms with van der Waals surface area (Å²) in [5.74, 6) is 0. The average molecular weight is 202 g/mol. The first-order valence-electron chi connectivity index (χ1n) is 5.14. The fourth-order valence-electron chi connectivity index (χ4n) is 1.63. The van der Waals surface area contributed by atoms with Gasteiger partial charge in [-0.1, -0.05) is 12.1 Å². The number of nitrogens with zero attached hydrogens (tertiary/aromatic N) is 1. The van der Waals surface area contributed by atoms with Crippen LogP contribution in [0.4, 0.5) is 0 Å². The van der Waals surface area contributed by atoms with Crippen LogP contribution < -0.4 is 5.73 Å². The molecule has 78 valence electrons. The summed E-state index contributed by atoms with van der Waals surface area (Å²) in [6.45, 7) is 0.614. The number of benzene rings is 1. The molecule has 0 unspecified atom stereocenters. The Balaban J connectivity index is 1.81. The Kier molecular flexibility index (Phi) is 3.00. The van der Waals surface area contributed by atoms with Gasteiger partial charge in [0.15, 0.2) is 0 Å². The normalized spacial score (nSPS) is 24.3. The fourth-order valence-corrected chi connectivity index (χ4v) is 1.63. The molecule has 0 radical (unpaired) electrons. The summed E-state index contributed by atoms with van der Waals surface area (Å²) in [7, 11) is 0. The van der Waals surface area contributed by atoms with E-state index in [1.807, 2.05) is 24.3 Å². The lowest BCUT2D eigenvalue weighted by Crippen LogP contribution is -2.41. The van der Waals surface area contributed by atoms with Gasteiger partial charge in [0.1, 0.15) is 0 Å². The Morgan fingerprint density at radius 3 is 2.53 bits per heavy atom. The van der Waals surface area contributed by atoms with E-state index < -0.39 is 0 Å². The van der Waals surface area contributed by atoms with Crippen LogP contribution in [0.5, 0.6) is 0 Å². The van der Waals surface area contributed by atoms with Crippen LogP contribution in [0.3, 0.4) is 0 Å². The first-order chi connectivity index (χ1) is 7.28. The lowest BCUT2D eigenvalue weighted by Gasteiger charge is -2.32. The van der Waals surface area contributed by atoms with Crippen LogP contribution in [-0.4, -0.2) is 12.1 Å². The minimum Gasteiger partial charge on any atom is -0.373 e. The summed E-state index contributed by atoms with van der Waals surface area (Å²) >= 11 is 0. The number of nitriles is 1. The Labute approximate surface area is 89.5 Å². The Bertz CT molecular complexity index is 360. The van der Waals surface area contributed by atoms with E-state index in [9.17, 15) is 0 Å². The van der Waals surface area contributed by atoms with E-state index in [2.05, 4.69) is 6.07 Å². The van der Waals surface area contributed by atoms with Gasteiger partial charge in [0, 0.05) is 6.04 Å². The molecule has 1 aromatic rings. The topological polar surface area (TPSA) is 59.0 Å². The van der Waals surface area contributed by atoms with Gasteiger partial charge in [0.2, 0.25) is 0 Å². The monoisotopic (exact) mass is 202 g/mol. The van der Waals surface area contributed by atoms with Crippen LogP contribution in [0, 0.1) is 11.3 Å². The van der Waals surface area contributed by atoms with Gasteiger partial charge in [-0.3, -0.25) is 0 Å². The molecule has 0 aliphatic heterocycles. The van der Waals surface area contributed by atoms with Crippen LogP contribution in [0.25, 0.3) is 0 Å². The third-order valence-electron chi connectivity index (χ3n) is 2.70. The molecule has 15 heavy (non-hydrogen) atoms. The first kappa shape index (κ1) is 10.2. The van der Waals surface area contributed by atoms with Crippen molar-refractivity contribution in [2.24, 2.45) is 5.73 Å². The number of hydrogen-bond donors (Lipinski definition) is 1. The number of rotatable bonds is 3. The molecule has 0 spiro atoms. The molecule has 0 saturated heterocycles. The van der Waals surface area contributed by atoms with Gasteiger partial charge >= 0.3 is 0 Å². The summed E-state index contributed by atoms with van der Waals surface area (Å²) in [4.78, 5) is 0. The van der Waals surface area contributed by atoms with Crippen molar-refractivity contribution in [2.75, 3.05) is 0 Å². The van der Waals surface area contributed by atoms with Gasteiger partial charge in [0.05, 0.1) is 24.3 Å². The molecule has 0 bridgehead atoms. The second-order valence-electron chi connectivity index (χ2n) is 3.97. The molecule has 1 aromatic carbocycles. The highest BCUT2D eigenvalue weighted by atomic mass is 16.5. The maximum atomic E-state index is 8.63. The largest absolute Gasteiger partial charge is 0.373 e. The van der Waals surface area contributed by atoms with E-state index in [4.69, 9.17) is 15.7 Å². The van der Waals surface area contributed by atoms with Crippen LogP contribution >= 0.6 is 0 Å². The van der Waals surface area contributed by atoms with E-state index in [0.717, 1.165) is 18.4 Å². The van der Waals surface area contributed by atoms with Crippen molar-refractivity contribution < 1.29 is 4.74 Å². The lowest BCUT2D eigenvalue weighted by atomic mass is 9.90. The molecule has 2 N–H and O–H groups in total. The molecule has 3 heteroatoms.